The number of rotatable bonds is 3. The fourth-order valence-corrected chi connectivity index (χ4v) is 3.32. The minimum absolute atomic E-state index is 0.109. The Morgan fingerprint density at radius 3 is 2.32 bits per heavy atom. The summed E-state index contributed by atoms with van der Waals surface area (Å²) in [5.74, 6) is -0.871. The summed E-state index contributed by atoms with van der Waals surface area (Å²) in [6.07, 6.45) is 0.421. The number of hydrogen-bond donors (Lipinski definition) is 1. The number of fused-ring (bicyclic) bond motifs is 1. The molecule has 1 aromatic carbocycles. The Hall–Kier alpha value is -2.77. The van der Waals surface area contributed by atoms with Crippen molar-refractivity contribution in [2.45, 2.75) is 6.42 Å². The molecule has 1 saturated heterocycles. The van der Waals surface area contributed by atoms with E-state index in [1.807, 2.05) is 0 Å². The maximum atomic E-state index is 12.6. The SMILES string of the molecule is O=C(O)[C@H]1C[C@@H]1C(=O)N1CCN(C(=O)c2ccc3c(c2)OCO3)CC1. The summed E-state index contributed by atoms with van der Waals surface area (Å²) in [4.78, 5) is 39.1. The molecular weight excluding hydrogens is 328 g/mol. The highest BCUT2D eigenvalue weighted by Crippen LogP contribution is 2.40. The third kappa shape index (κ3) is 2.88. The number of ether oxygens (including phenoxy) is 2. The van der Waals surface area contributed by atoms with E-state index in [1.54, 1.807) is 28.0 Å². The number of carboxylic acid groups (broad SMARTS) is 1. The number of hydrogen-bond acceptors (Lipinski definition) is 5. The molecule has 132 valence electrons. The van der Waals surface area contributed by atoms with E-state index in [1.165, 1.54) is 0 Å². The van der Waals surface area contributed by atoms with Crippen LogP contribution in [0.2, 0.25) is 0 Å². The molecule has 8 heteroatoms. The Labute approximate surface area is 143 Å². The molecule has 0 unspecified atom stereocenters. The molecule has 1 aliphatic carbocycles. The van der Waals surface area contributed by atoms with Gasteiger partial charge in [-0.25, -0.2) is 0 Å². The lowest BCUT2D eigenvalue weighted by molar-refractivity contribution is -0.142. The van der Waals surface area contributed by atoms with Crippen LogP contribution in [-0.4, -0.2) is 65.7 Å². The van der Waals surface area contributed by atoms with Crippen molar-refractivity contribution in [3.8, 4) is 11.5 Å². The summed E-state index contributed by atoms with van der Waals surface area (Å²) in [6.45, 7) is 1.88. The second-order valence-electron chi connectivity index (χ2n) is 6.47. The number of amides is 2. The largest absolute Gasteiger partial charge is 0.481 e. The van der Waals surface area contributed by atoms with Gasteiger partial charge in [-0.05, 0) is 24.6 Å². The fraction of sp³-hybridized carbons (Fsp3) is 0.471. The average molecular weight is 346 g/mol. The van der Waals surface area contributed by atoms with Crippen molar-refractivity contribution in [1.29, 1.82) is 0 Å². The Morgan fingerprint density at radius 1 is 0.960 bits per heavy atom. The summed E-state index contributed by atoms with van der Waals surface area (Å²) in [6, 6.07) is 5.09. The molecule has 1 aromatic rings. The van der Waals surface area contributed by atoms with Gasteiger partial charge in [-0.3, -0.25) is 14.4 Å². The number of carbonyl (C=O) groups excluding carboxylic acids is 2. The first-order chi connectivity index (χ1) is 12.0. The highest BCUT2D eigenvalue weighted by molar-refractivity contribution is 5.95. The number of benzene rings is 1. The van der Waals surface area contributed by atoms with Gasteiger partial charge >= 0.3 is 5.97 Å². The summed E-state index contributed by atoms with van der Waals surface area (Å²) >= 11 is 0. The number of carbonyl (C=O) groups is 3. The summed E-state index contributed by atoms with van der Waals surface area (Å²) in [5, 5.41) is 8.94. The first-order valence-electron chi connectivity index (χ1n) is 8.25. The van der Waals surface area contributed by atoms with Gasteiger partial charge in [-0.2, -0.15) is 0 Å². The van der Waals surface area contributed by atoms with E-state index in [4.69, 9.17) is 14.6 Å². The second-order valence-corrected chi connectivity index (χ2v) is 6.47. The van der Waals surface area contributed by atoms with Crippen LogP contribution in [0, 0.1) is 11.8 Å². The Kier molecular flexibility index (Phi) is 3.74. The smallest absolute Gasteiger partial charge is 0.307 e. The molecule has 4 rings (SSSR count). The second kappa shape index (κ2) is 5.94. The highest BCUT2D eigenvalue weighted by atomic mass is 16.7. The van der Waals surface area contributed by atoms with E-state index in [9.17, 15) is 14.4 Å². The lowest BCUT2D eigenvalue weighted by atomic mass is 10.1. The van der Waals surface area contributed by atoms with Gasteiger partial charge in [0.2, 0.25) is 12.7 Å². The minimum Gasteiger partial charge on any atom is -0.481 e. The quantitative estimate of drug-likeness (QED) is 0.852. The van der Waals surface area contributed by atoms with Gasteiger partial charge in [-0.1, -0.05) is 0 Å². The van der Waals surface area contributed by atoms with Crippen molar-refractivity contribution in [3.05, 3.63) is 23.8 Å². The van der Waals surface area contributed by atoms with Crippen LogP contribution in [0.15, 0.2) is 18.2 Å². The molecule has 2 atom stereocenters. The number of nitrogens with zero attached hydrogens (tertiary/aromatic N) is 2. The zero-order valence-electron chi connectivity index (χ0n) is 13.5. The van der Waals surface area contributed by atoms with E-state index in [2.05, 4.69) is 0 Å². The summed E-state index contributed by atoms with van der Waals surface area (Å²) in [7, 11) is 0. The molecule has 8 nitrogen and oxygen atoms in total. The van der Waals surface area contributed by atoms with Crippen LogP contribution >= 0.6 is 0 Å². The number of piperazine rings is 1. The molecule has 1 N–H and O–H groups in total. The van der Waals surface area contributed by atoms with Crippen LogP contribution in [0.5, 0.6) is 11.5 Å². The van der Waals surface area contributed by atoms with Crippen LogP contribution in [0.3, 0.4) is 0 Å². The molecule has 0 aromatic heterocycles. The fourth-order valence-electron chi connectivity index (χ4n) is 3.32. The molecule has 25 heavy (non-hydrogen) atoms. The predicted molar refractivity (Wildman–Crippen MR) is 84.3 cm³/mol. The van der Waals surface area contributed by atoms with Crippen LogP contribution in [-0.2, 0) is 9.59 Å². The lowest BCUT2D eigenvalue weighted by Gasteiger charge is -2.35. The molecule has 0 spiro atoms. The molecule has 3 aliphatic rings. The topological polar surface area (TPSA) is 96.4 Å². The van der Waals surface area contributed by atoms with Crippen molar-refractivity contribution in [2.75, 3.05) is 33.0 Å². The van der Waals surface area contributed by atoms with E-state index in [-0.39, 0.29) is 18.6 Å². The van der Waals surface area contributed by atoms with E-state index in [0.717, 1.165) is 0 Å². The molecule has 1 saturated carbocycles. The average Bonchev–Trinajstić information content (AvgIpc) is 3.30. The van der Waals surface area contributed by atoms with Crippen molar-refractivity contribution >= 4 is 17.8 Å². The van der Waals surface area contributed by atoms with Gasteiger partial charge in [0.05, 0.1) is 11.8 Å². The highest BCUT2D eigenvalue weighted by Gasteiger charge is 2.50. The number of carboxylic acids is 1. The first-order valence-corrected chi connectivity index (χ1v) is 8.25. The summed E-state index contributed by atoms with van der Waals surface area (Å²) in [5.41, 5.74) is 0.525. The van der Waals surface area contributed by atoms with Crippen molar-refractivity contribution in [1.82, 2.24) is 9.80 Å². The molecule has 2 amide bonds. The Morgan fingerprint density at radius 2 is 1.64 bits per heavy atom. The van der Waals surface area contributed by atoms with Crippen LogP contribution in [0.1, 0.15) is 16.8 Å². The lowest BCUT2D eigenvalue weighted by Crippen LogP contribution is -2.51. The summed E-state index contributed by atoms with van der Waals surface area (Å²) < 4.78 is 10.5. The monoisotopic (exact) mass is 346 g/mol. The van der Waals surface area contributed by atoms with E-state index < -0.39 is 17.8 Å². The molecule has 2 heterocycles. The third-order valence-corrected chi connectivity index (χ3v) is 4.92. The maximum Gasteiger partial charge on any atom is 0.307 e. The molecule has 0 bridgehead atoms. The normalized spacial score (nSPS) is 24.2. The van der Waals surface area contributed by atoms with Crippen LogP contribution < -0.4 is 9.47 Å². The van der Waals surface area contributed by atoms with Crippen LogP contribution in [0.4, 0.5) is 0 Å². The maximum absolute atomic E-state index is 12.6. The molecule has 2 aliphatic heterocycles. The zero-order chi connectivity index (χ0) is 17.6. The van der Waals surface area contributed by atoms with E-state index >= 15 is 0 Å². The van der Waals surface area contributed by atoms with Gasteiger partial charge in [0, 0.05) is 31.7 Å². The van der Waals surface area contributed by atoms with E-state index in [0.29, 0.717) is 49.7 Å². The van der Waals surface area contributed by atoms with Gasteiger partial charge < -0.3 is 24.4 Å². The van der Waals surface area contributed by atoms with Crippen molar-refractivity contribution in [3.63, 3.8) is 0 Å². The zero-order valence-corrected chi connectivity index (χ0v) is 13.5. The number of aliphatic carboxylic acids is 1. The van der Waals surface area contributed by atoms with Gasteiger partial charge in [-0.15, -0.1) is 0 Å². The third-order valence-electron chi connectivity index (χ3n) is 4.92. The van der Waals surface area contributed by atoms with Crippen molar-refractivity contribution < 1.29 is 29.0 Å². The van der Waals surface area contributed by atoms with Crippen LogP contribution in [0.25, 0.3) is 0 Å². The predicted octanol–water partition coefficient (Wildman–Crippen LogP) is 0.420. The Balaban J connectivity index is 1.35. The Bertz CT molecular complexity index is 741. The van der Waals surface area contributed by atoms with Crippen molar-refractivity contribution in [2.24, 2.45) is 11.8 Å². The molecule has 2 fully saturated rings. The van der Waals surface area contributed by atoms with Gasteiger partial charge in [0.15, 0.2) is 11.5 Å². The first kappa shape index (κ1) is 15.7. The molecule has 0 radical (unpaired) electrons. The van der Waals surface area contributed by atoms with Gasteiger partial charge in [0.25, 0.3) is 5.91 Å². The standard InChI is InChI=1S/C17H18N2O6/c20-15(10-1-2-13-14(7-10)25-9-24-13)18-3-5-19(6-4-18)16(21)11-8-12(11)17(22)23/h1-2,7,11-12H,3-6,8-9H2,(H,22,23)/t11-,12-/m0/s1. The minimum atomic E-state index is -0.907. The van der Waals surface area contributed by atoms with Gasteiger partial charge in [0.1, 0.15) is 0 Å². The molecular formula is C17H18N2O6.